The number of aliphatic imine (C=N–C) groups is 1. The lowest BCUT2D eigenvalue weighted by molar-refractivity contribution is -0.120. The van der Waals surface area contributed by atoms with Crippen LogP contribution >= 0.6 is 11.8 Å². The van der Waals surface area contributed by atoms with E-state index in [1.807, 2.05) is 105 Å². The number of ketones is 1. The molecule has 16 heteroatoms. The summed E-state index contributed by atoms with van der Waals surface area (Å²) in [6, 6.07) is 28.8. The number of hydrogen-bond acceptors (Lipinski definition) is 13. The third-order valence-corrected chi connectivity index (χ3v) is 14.9. The van der Waals surface area contributed by atoms with Gasteiger partial charge in [0.1, 0.15) is 24.7 Å². The number of fused-ring (bicyclic) bond motifs is 8. The Bertz CT molecular complexity index is 2920. The molecule has 1 N–H and O–H groups in total. The molecule has 73 heavy (non-hydrogen) atoms. The first-order chi connectivity index (χ1) is 35.3. The van der Waals surface area contributed by atoms with Crippen LogP contribution in [0.1, 0.15) is 75.7 Å². The Hall–Kier alpha value is -6.72. The predicted octanol–water partition coefficient (Wildman–Crippen LogP) is 8.95. The van der Waals surface area contributed by atoms with Gasteiger partial charge in [-0.15, -0.1) is 11.8 Å². The molecule has 0 aliphatic carbocycles. The average molecular weight is 1010 g/mol. The third-order valence-electron chi connectivity index (χ3n) is 13.4. The number of carbonyl (C=O) groups excluding carboxylic acids is 4. The molecule has 0 radical (unpaired) electrons. The van der Waals surface area contributed by atoms with E-state index in [2.05, 4.69) is 11.4 Å². The molecule has 0 aromatic heterocycles. The van der Waals surface area contributed by atoms with Crippen molar-refractivity contribution in [2.24, 2.45) is 4.99 Å². The maximum atomic E-state index is 14.5. The molecule has 5 aromatic carbocycles. The second kappa shape index (κ2) is 22.6. The summed E-state index contributed by atoms with van der Waals surface area (Å²) in [5.41, 5.74) is 9.14. The number of hydrogen-bond donors (Lipinski definition) is 1. The second-order valence-electron chi connectivity index (χ2n) is 19.4. The van der Waals surface area contributed by atoms with Crippen molar-refractivity contribution in [1.82, 2.24) is 0 Å². The minimum atomic E-state index is -0.522. The summed E-state index contributed by atoms with van der Waals surface area (Å²) in [5.74, 6) is 1.32. The number of para-hydroxylation sites is 2. The van der Waals surface area contributed by atoms with Gasteiger partial charge in [-0.2, -0.15) is 0 Å². The topological polar surface area (TPSA) is 158 Å². The Morgan fingerprint density at radius 2 is 1.42 bits per heavy atom. The van der Waals surface area contributed by atoms with Crippen molar-refractivity contribution in [3.63, 3.8) is 0 Å². The number of benzene rings is 5. The fourth-order valence-electron chi connectivity index (χ4n) is 9.81. The van der Waals surface area contributed by atoms with Crippen LogP contribution in [0.3, 0.4) is 0 Å². The number of Topliss-reactive ketones (excluding diaryl/α,β-unsaturated/α-hetero) is 1. The monoisotopic (exact) mass is 1010 g/mol. The number of carbonyl (C=O) groups is 4. The zero-order valence-corrected chi connectivity index (χ0v) is 43.2. The molecule has 2 atom stereocenters. The van der Waals surface area contributed by atoms with Gasteiger partial charge in [0, 0.05) is 66.8 Å². The van der Waals surface area contributed by atoms with E-state index in [9.17, 15) is 19.2 Å². The number of rotatable bonds is 22. The molecule has 0 spiro atoms. The van der Waals surface area contributed by atoms with E-state index in [4.69, 9.17) is 33.4 Å². The molecule has 15 nitrogen and oxygen atoms in total. The molecular formula is C57H63N5O10S. The molecule has 0 bridgehead atoms. The summed E-state index contributed by atoms with van der Waals surface area (Å²) < 4.78 is 35.0. The highest BCUT2D eigenvalue weighted by atomic mass is 32.2. The van der Waals surface area contributed by atoms with Gasteiger partial charge in [-0.3, -0.25) is 29.1 Å². The maximum Gasteiger partial charge on any atom is 0.261 e. The van der Waals surface area contributed by atoms with Gasteiger partial charge >= 0.3 is 0 Å². The first-order valence-electron chi connectivity index (χ1n) is 24.7. The molecule has 0 saturated heterocycles. The van der Waals surface area contributed by atoms with Crippen LogP contribution in [0.2, 0.25) is 0 Å². The number of amides is 3. The van der Waals surface area contributed by atoms with Gasteiger partial charge in [0.2, 0.25) is 5.91 Å². The van der Waals surface area contributed by atoms with Gasteiger partial charge in [-0.25, -0.2) is 0 Å². The highest BCUT2D eigenvalue weighted by Gasteiger charge is 2.39. The number of nitrogens with one attached hydrogen (secondary N) is 1. The van der Waals surface area contributed by atoms with Crippen molar-refractivity contribution < 1.29 is 47.6 Å². The van der Waals surface area contributed by atoms with Crippen LogP contribution < -0.4 is 34.2 Å². The van der Waals surface area contributed by atoms with Crippen molar-refractivity contribution in [1.29, 1.82) is 0 Å². The fraction of sp³-hybridized carbons (Fsp3) is 0.386. The summed E-state index contributed by atoms with van der Waals surface area (Å²) in [7, 11) is 3.15. The van der Waals surface area contributed by atoms with E-state index < -0.39 is 4.75 Å². The maximum absolute atomic E-state index is 14.5. The normalized spacial score (nSPS) is 16.3. The molecule has 5 aromatic rings. The van der Waals surface area contributed by atoms with Crippen LogP contribution in [0.15, 0.2) is 96.0 Å². The second-order valence-corrected chi connectivity index (χ2v) is 21.0. The smallest absolute Gasteiger partial charge is 0.261 e. The van der Waals surface area contributed by atoms with Gasteiger partial charge in [-0.05, 0) is 104 Å². The minimum Gasteiger partial charge on any atom is -0.493 e. The number of nitrogens with zero attached hydrogens (tertiary/aromatic N) is 4. The van der Waals surface area contributed by atoms with Gasteiger partial charge < -0.3 is 43.5 Å². The highest BCUT2D eigenvalue weighted by molar-refractivity contribution is 8.01. The number of thioether (sulfide) groups is 1. The van der Waals surface area contributed by atoms with E-state index in [0.717, 1.165) is 45.6 Å². The Morgan fingerprint density at radius 1 is 0.767 bits per heavy atom. The van der Waals surface area contributed by atoms with Crippen molar-refractivity contribution in [2.75, 3.05) is 86.1 Å². The van der Waals surface area contributed by atoms with Crippen LogP contribution in [-0.4, -0.2) is 113 Å². The van der Waals surface area contributed by atoms with E-state index >= 15 is 0 Å². The molecule has 3 amide bonds. The zero-order valence-electron chi connectivity index (χ0n) is 42.4. The Morgan fingerprint density at radius 3 is 2.14 bits per heavy atom. The summed E-state index contributed by atoms with van der Waals surface area (Å²) in [4.78, 5) is 65.2. The molecule has 9 rings (SSSR count). The Labute approximate surface area is 431 Å². The molecule has 0 saturated carbocycles. The van der Waals surface area contributed by atoms with Gasteiger partial charge in [0.15, 0.2) is 11.5 Å². The van der Waals surface area contributed by atoms with Gasteiger partial charge in [0.05, 0.1) is 86.9 Å². The van der Waals surface area contributed by atoms with Gasteiger partial charge in [-0.1, -0.05) is 36.4 Å². The average Bonchev–Trinajstić information content (AvgIpc) is 3.88. The third kappa shape index (κ3) is 11.6. The Balaban J connectivity index is 1.01. The first kappa shape index (κ1) is 51.2. The molecule has 4 aliphatic heterocycles. The number of aryl methyl sites for hydroxylation is 1. The summed E-state index contributed by atoms with van der Waals surface area (Å²) in [5, 5.41) is 3.54. The highest BCUT2D eigenvalue weighted by Crippen LogP contribution is 2.42. The minimum absolute atomic E-state index is 0.00891. The number of anilines is 4. The summed E-state index contributed by atoms with van der Waals surface area (Å²) in [6.07, 6.45) is 3.36. The quantitative estimate of drug-likeness (QED) is 0.0658. The van der Waals surface area contributed by atoms with Crippen LogP contribution in [-0.2, 0) is 49.9 Å². The van der Waals surface area contributed by atoms with Crippen molar-refractivity contribution >= 4 is 69.9 Å². The fourth-order valence-corrected chi connectivity index (χ4v) is 10.6. The predicted molar refractivity (Wildman–Crippen MR) is 285 cm³/mol. The van der Waals surface area contributed by atoms with E-state index in [1.165, 1.54) is 18.9 Å². The number of ether oxygens (including phenoxy) is 6. The standard InChI is InChI=1S/C57H63N5O10S/c1-36-21-45-47(58-30-43-25-40-11-7-9-13-49(40)61(43)55(45)65)28-51(36)71-32-38-22-39(24-42(23-38)60(35-57(3,4)73-34-37(2)63)54(64)15-16-69-19-20-70-18-17-67-5)33-72-53-29-48-46(27-52(53)68-6)56(66)62-44(31-59-48)26-41-12-8-10-14-50(41)62/h7-14,21-24,27-29,31,43-44,58H,15-20,25-26,30,32-35H2,1-6H3/t43-,44-/m0/s1. The summed E-state index contributed by atoms with van der Waals surface area (Å²) >= 11 is 1.49. The largest absolute Gasteiger partial charge is 0.493 e. The zero-order chi connectivity index (χ0) is 51.2. The van der Waals surface area contributed by atoms with E-state index in [1.54, 1.807) is 36.0 Å². The van der Waals surface area contributed by atoms with Crippen molar-refractivity contribution in [3.05, 3.63) is 130 Å². The molecule has 4 aliphatic rings. The summed E-state index contributed by atoms with van der Waals surface area (Å²) in [6.45, 7) is 10.4. The van der Waals surface area contributed by atoms with Crippen LogP contribution in [0.5, 0.6) is 17.2 Å². The van der Waals surface area contributed by atoms with Crippen LogP contribution in [0, 0.1) is 6.92 Å². The number of methoxy groups -OCH3 is 2. The lowest BCUT2D eigenvalue weighted by atomic mass is 10.1. The van der Waals surface area contributed by atoms with Crippen molar-refractivity contribution in [3.8, 4) is 17.2 Å². The molecule has 4 heterocycles. The van der Waals surface area contributed by atoms with Crippen molar-refractivity contribution in [2.45, 2.75) is 77.0 Å². The lowest BCUT2D eigenvalue weighted by Crippen LogP contribution is -2.41. The molecule has 0 fully saturated rings. The van der Waals surface area contributed by atoms with Gasteiger partial charge in [0.25, 0.3) is 11.8 Å². The molecular weight excluding hydrogens is 947 g/mol. The molecule has 382 valence electrons. The SMILES string of the molecule is COCCOCCOCCC(=O)N(CC(C)(C)SCC(C)=O)c1cc(COc2cc3c(cc2C)C(=O)N2c4ccccc4C[C@H]2CN3)cc(COc2cc3c(cc2OC)C(=O)N2c4ccccc4C[C@H]2C=N3)c1. The van der Waals surface area contributed by atoms with E-state index in [-0.39, 0.29) is 68.4 Å². The van der Waals surface area contributed by atoms with Crippen LogP contribution in [0.25, 0.3) is 0 Å². The van der Waals surface area contributed by atoms with E-state index in [0.29, 0.717) is 90.6 Å². The van der Waals surface area contributed by atoms with Crippen LogP contribution in [0.4, 0.5) is 28.4 Å². The Kier molecular flexibility index (Phi) is 15.8. The lowest BCUT2D eigenvalue weighted by Gasteiger charge is -2.33. The molecule has 0 unspecified atom stereocenters. The first-order valence-corrected chi connectivity index (χ1v) is 25.7.